The summed E-state index contributed by atoms with van der Waals surface area (Å²) in [6.45, 7) is 9.70. The third kappa shape index (κ3) is 4.71. The third-order valence-corrected chi connectivity index (χ3v) is 5.14. The molecule has 2 aliphatic rings. The predicted molar refractivity (Wildman–Crippen MR) is 88.3 cm³/mol. The molecule has 2 atom stereocenters. The molecule has 3 heteroatoms. The van der Waals surface area contributed by atoms with Gasteiger partial charge in [-0.05, 0) is 65.1 Å². The van der Waals surface area contributed by atoms with Crippen molar-refractivity contribution in [1.82, 2.24) is 9.80 Å². The van der Waals surface area contributed by atoms with Gasteiger partial charge in [-0.15, -0.1) is 0 Å². The summed E-state index contributed by atoms with van der Waals surface area (Å²) in [5.41, 5.74) is 0.572. The molecule has 0 aromatic heterocycles. The first-order valence-corrected chi connectivity index (χ1v) is 8.44. The van der Waals surface area contributed by atoms with Crippen molar-refractivity contribution in [2.24, 2.45) is 5.41 Å². The van der Waals surface area contributed by atoms with Crippen LogP contribution in [0.4, 0.5) is 0 Å². The Hall–Kier alpha value is -0.560. The second-order valence-corrected chi connectivity index (χ2v) is 7.48. The summed E-state index contributed by atoms with van der Waals surface area (Å²) < 4.78 is 6.05. The van der Waals surface area contributed by atoms with Gasteiger partial charge in [0.25, 0.3) is 0 Å². The lowest BCUT2D eigenvalue weighted by atomic mass is 9.68. The average molecular weight is 292 g/mol. The van der Waals surface area contributed by atoms with E-state index in [-0.39, 0.29) is 5.60 Å². The van der Waals surface area contributed by atoms with Gasteiger partial charge >= 0.3 is 0 Å². The van der Waals surface area contributed by atoms with E-state index in [0.717, 1.165) is 26.1 Å². The number of piperidine rings is 1. The molecule has 0 radical (unpaired) electrons. The van der Waals surface area contributed by atoms with E-state index < -0.39 is 0 Å². The van der Waals surface area contributed by atoms with Crippen LogP contribution in [0.2, 0.25) is 0 Å². The van der Waals surface area contributed by atoms with Gasteiger partial charge in [0.05, 0.1) is 18.7 Å². The zero-order chi connectivity index (χ0) is 15.3. The van der Waals surface area contributed by atoms with Crippen molar-refractivity contribution in [3.63, 3.8) is 0 Å². The number of ether oxygens (including phenoxy) is 1. The lowest BCUT2D eigenvalue weighted by molar-refractivity contribution is -0.132. The Morgan fingerprint density at radius 2 is 2.05 bits per heavy atom. The quantitative estimate of drug-likeness (QED) is 0.744. The van der Waals surface area contributed by atoms with E-state index in [1.807, 2.05) is 0 Å². The van der Waals surface area contributed by atoms with Crippen molar-refractivity contribution in [2.75, 3.05) is 46.9 Å². The van der Waals surface area contributed by atoms with Crippen LogP contribution in [0.25, 0.3) is 0 Å². The highest BCUT2D eigenvalue weighted by atomic mass is 16.5. The third-order valence-electron chi connectivity index (χ3n) is 5.14. The van der Waals surface area contributed by atoms with Crippen molar-refractivity contribution in [2.45, 2.75) is 51.6 Å². The molecule has 2 rings (SSSR count). The highest BCUT2D eigenvalue weighted by Gasteiger charge is 2.44. The summed E-state index contributed by atoms with van der Waals surface area (Å²) in [7, 11) is 4.14. The van der Waals surface area contributed by atoms with Gasteiger partial charge < -0.3 is 4.74 Å². The van der Waals surface area contributed by atoms with Crippen molar-refractivity contribution >= 4 is 0 Å². The molecule has 0 aromatic rings. The summed E-state index contributed by atoms with van der Waals surface area (Å²) in [6, 6.07) is 0. The molecule has 21 heavy (non-hydrogen) atoms. The molecule has 0 aliphatic carbocycles. The normalized spacial score (nSPS) is 34.0. The van der Waals surface area contributed by atoms with Crippen LogP contribution in [0, 0.1) is 17.3 Å². The lowest BCUT2D eigenvalue weighted by Gasteiger charge is -2.50. The van der Waals surface area contributed by atoms with E-state index in [1.165, 1.54) is 38.8 Å². The fourth-order valence-electron chi connectivity index (χ4n) is 3.85. The first-order chi connectivity index (χ1) is 9.97. The molecule has 2 saturated heterocycles. The fourth-order valence-corrected chi connectivity index (χ4v) is 3.85. The summed E-state index contributed by atoms with van der Waals surface area (Å²) in [5.74, 6) is 6.61. The molecule has 0 bridgehead atoms. The average Bonchev–Trinajstić information content (AvgIpc) is 2.43. The SMILES string of the molecule is CC[C@]1(C)C[C@]2(CCCN(CC#CCN(C)C)C2)CCO1. The van der Waals surface area contributed by atoms with E-state index in [9.17, 15) is 0 Å². The number of hydrogen-bond donors (Lipinski definition) is 0. The van der Waals surface area contributed by atoms with Crippen LogP contribution >= 0.6 is 0 Å². The molecule has 3 nitrogen and oxygen atoms in total. The molecule has 0 unspecified atom stereocenters. The van der Waals surface area contributed by atoms with Crippen LogP contribution in [0.5, 0.6) is 0 Å². The Morgan fingerprint density at radius 3 is 2.76 bits per heavy atom. The summed E-state index contributed by atoms with van der Waals surface area (Å²) in [6.07, 6.45) is 6.25. The Bertz CT molecular complexity index is 394. The minimum absolute atomic E-state index is 0.0951. The van der Waals surface area contributed by atoms with Crippen LogP contribution in [-0.2, 0) is 4.74 Å². The van der Waals surface area contributed by atoms with Crippen LogP contribution in [0.1, 0.15) is 46.0 Å². The van der Waals surface area contributed by atoms with Crippen LogP contribution in [-0.4, -0.2) is 62.3 Å². The van der Waals surface area contributed by atoms with Crippen LogP contribution in [0.3, 0.4) is 0 Å². The number of likely N-dealkylation sites (tertiary alicyclic amines) is 1. The van der Waals surface area contributed by atoms with Gasteiger partial charge in [-0.3, -0.25) is 9.80 Å². The van der Waals surface area contributed by atoms with E-state index in [1.54, 1.807) is 0 Å². The van der Waals surface area contributed by atoms with E-state index in [2.05, 4.69) is 49.6 Å². The van der Waals surface area contributed by atoms with Crippen molar-refractivity contribution in [3.8, 4) is 11.8 Å². The molecule has 2 heterocycles. The molecule has 0 saturated carbocycles. The Balaban J connectivity index is 1.91. The monoisotopic (exact) mass is 292 g/mol. The highest BCUT2D eigenvalue weighted by Crippen LogP contribution is 2.45. The molecule has 0 N–H and O–H groups in total. The molecule has 0 amide bonds. The number of hydrogen-bond acceptors (Lipinski definition) is 3. The highest BCUT2D eigenvalue weighted by molar-refractivity contribution is 5.04. The van der Waals surface area contributed by atoms with Gasteiger partial charge in [0.15, 0.2) is 0 Å². The molecule has 2 fully saturated rings. The lowest BCUT2D eigenvalue weighted by Crippen LogP contribution is -2.51. The minimum Gasteiger partial charge on any atom is -0.375 e. The Morgan fingerprint density at radius 1 is 1.24 bits per heavy atom. The van der Waals surface area contributed by atoms with Crippen molar-refractivity contribution in [1.29, 1.82) is 0 Å². The van der Waals surface area contributed by atoms with Crippen molar-refractivity contribution in [3.05, 3.63) is 0 Å². The van der Waals surface area contributed by atoms with E-state index in [0.29, 0.717) is 5.41 Å². The zero-order valence-electron chi connectivity index (χ0n) is 14.4. The van der Waals surface area contributed by atoms with Gasteiger partial charge in [-0.2, -0.15) is 0 Å². The van der Waals surface area contributed by atoms with E-state index in [4.69, 9.17) is 4.74 Å². The fraction of sp³-hybridized carbons (Fsp3) is 0.889. The van der Waals surface area contributed by atoms with Gasteiger partial charge in [0.2, 0.25) is 0 Å². The summed E-state index contributed by atoms with van der Waals surface area (Å²) in [5, 5.41) is 0. The zero-order valence-corrected chi connectivity index (χ0v) is 14.4. The smallest absolute Gasteiger partial charge is 0.0657 e. The van der Waals surface area contributed by atoms with Gasteiger partial charge in [-0.1, -0.05) is 18.8 Å². The predicted octanol–water partition coefficient (Wildman–Crippen LogP) is 2.61. The first-order valence-electron chi connectivity index (χ1n) is 8.44. The second kappa shape index (κ2) is 7.13. The standard InChI is InChI=1S/C18H32N2O/c1-5-17(2)15-18(10-14-21-17)9-8-13-20(16-18)12-7-6-11-19(3)4/h5,8-16H2,1-4H3/t17-,18+/m1/s1. The number of nitrogens with zero attached hydrogens (tertiary/aromatic N) is 2. The van der Waals surface area contributed by atoms with Crippen LogP contribution < -0.4 is 0 Å². The molecular formula is C18H32N2O. The molecule has 1 spiro atoms. The first kappa shape index (κ1) is 16.8. The Labute approximate surface area is 131 Å². The van der Waals surface area contributed by atoms with E-state index >= 15 is 0 Å². The second-order valence-electron chi connectivity index (χ2n) is 7.48. The Kier molecular flexibility index (Phi) is 5.71. The maximum atomic E-state index is 6.05. The maximum Gasteiger partial charge on any atom is 0.0657 e. The van der Waals surface area contributed by atoms with Gasteiger partial charge in [-0.25, -0.2) is 0 Å². The molecule has 0 aromatic carbocycles. The summed E-state index contributed by atoms with van der Waals surface area (Å²) in [4.78, 5) is 4.68. The minimum atomic E-state index is 0.0951. The molecular weight excluding hydrogens is 260 g/mol. The molecule has 120 valence electrons. The van der Waals surface area contributed by atoms with Gasteiger partial charge in [0.1, 0.15) is 0 Å². The summed E-state index contributed by atoms with van der Waals surface area (Å²) >= 11 is 0. The largest absolute Gasteiger partial charge is 0.375 e. The van der Waals surface area contributed by atoms with Crippen LogP contribution in [0.15, 0.2) is 0 Å². The number of rotatable bonds is 3. The van der Waals surface area contributed by atoms with Crippen molar-refractivity contribution < 1.29 is 4.74 Å². The maximum absolute atomic E-state index is 6.05. The molecule has 2 aliphatic heterocycles. The van der Waals surface area contributed by atoms with Gasteiger partial charge in [0, 0.05) is 13.2 Å². The topological polar surface area (TPSA) is 15.7 Å².